The summed E-state index contributed by atoms with van der Waals surface area (Å²) in [5.74, 6) is 0. The van der Waals surface area contributed by atoms with Crippen LogP contribution < -0.4 is 0 Å². The highest BCUT2D eigenvalue weighted by atomic mass is 35.6. The minimum Gasteiger partial charge on any atom is -0.593 e. The van der Waals surface area contributed by atoms with E-state index in [9.17, 15) is 0 Å². The molecule has 0 aliphatic carbocycles. The average molecular weight is 379 g/mol. The standard InChI is InChI=1S/C4H12B2Cl6N2Si2/c1-15(2,11)13-5(7,8)14(6(13,9)10)16(3,4)12/h1-4H3/q-2. The first-order valence-corrected chi connectivity index (χ1v) is 14.4. The Hall–Kier alpha value is 2.22. The third kappa shape index (κ3) is 2.57. The molecule has 0 bridgehead atoms. The van der Waals surface area contributed by atoms with E-state index in [1.807, 2.05) is 26.2 Å². The van der Waals surface area contributed by atoms with Gasteiger partial charge in [-0.05, 0) is 26.2 Å². The van der Waals surface area contributed by atoms with Gasteiger partial charge in [0, 0.05) is 0 Å². The molecule has 0 radical (unpaired) electrons. The molecule has 1 aliphatic rings. The summed E-state index contributed by atoms with van der Waals surface area (Å²) >= 11 is 37.9. The van der Waals surface area contributed by atoms with Gasteiger partial charge in [0.1, 0.15) is 0 Å². The van der Waals surface area contributed by atoms with Crippen molar-refractivity contribution in [1.82, 2.24) is 8.78 Å². The van der Waals surface area contributed by atoms with Crippen molar-refractivity contribution in [2.45, 2.75) is 26.2 Å². The van der Waals surface area contributed by atoms with E-state index in [1.165, 1.54) is 0 Å². The maximum atomic E-state index is 6.32. The zero-order valence-electron chi connectivity index (χ0n) is 9.32. The second kappa shape index (κ2) is 4.37. The molecule has 0 aromatic heterocycles. The maximum absolute atomic E-state index is 6.32. The first-order chi connectivity index (χ1) is 6.73. The number of hydrogen-bond donors (Lipinski definition) is 0. The van der Waals surface area contributed by atoms with Crippen LogP contribution in [0.4, 0.5) is 0 Å². The molecule has 12 heteroatoms. The van der Waals surface area contributed by atoms with Gasteiger partial charge in [0.05, 0.1) is 0 Å². The zero-order valence-corrected chi connectivity index (χ0v) is 15.9. The van der Waals surface area contributed by atoms with Crippen molar-refractivity contribution in [3.8, 4) is 0 Å². The van der Waals surface area contributed by atoms with Crippen LogP contribution in [0.5, 0.6) is 0 Å². The fourth-order valence-electron chi connectivity index (χ4n) is 2.11. The fraction of sp³-hybridized carbons (Fsp3) is 1.00. The zero-order chi connectivity index (χ0) is 13.2. The van der Waals surface area contributed by atoms with E-state index >= 15 is 0 Å². The summed E-state index contributed by atoms with van der Waals surface area (Å²) in [6, 6.07) is 0. The number of halogens is 6. The Morgan fingerprint density at radius 3 is 1.00 bits per heavy atom. The largest absolute Gasteiger partial charge is 0.593 e. The van der Waals surface area contributed by atoms with Gasteiger partial charge in [0.15, 0.2) is 15.1 Å². The summed E-state index contributed by atoms with van der Waals surface area (Å²) in [7, 11) is -4.62. The van der Waals surface area contributed by atoms with Crippen molar-refractivity contribution in [1.29, 1.82) is 0 Å². The summed E-state index contributed by atoms with van der Waals surface area (Å²) in [6.45, 7) is 7.49. The SMILES string of the molecule is C[Si](C)(Cl)N1[B-](Cl)(Cl)N([Si](C)(C)Cl)[B-]1(Cl)Cl. The Labute approximate surface area is 128 Å². The Balaban J connectivity index is 3.15. The van der Waals surface area contributed by atoms with Gasteiger partial charge in [0.2, 0.25) is 10.5 Å². The minimum atomic E-state index is -2.31. The van der Waals surface area contributed by atoms with Crippen LogP contribution in [0.1, 0.15) is 0 Å². The Kier molecular flexibility index (Phi) is 4.44. The second-order valence-corrected chi connectivity index (χ2v) is 19.9. The van der Waals surface area contributed by atoms with Crippen molar-refractivity contribution >= 4 is 93.6 Å². The lowest BCUT2D eigenvalue weighted by atomic mass is 9.78. The van der Waals surface area contributed by atoms with E-state index in [0.29, 0.717) is 0 Å². The van der Waals surface area contributed by atoms with Gasteiger partial charge in [-0.1, -0.05) is 0 Å². The summed E-state index contributed by atoms with van der Waals surface area (Å²) < 4.78 is 3.30. The van der Waals surface area contributed by atoms with Crippen LogP contribution in [-0.2, 0) is 0 Å². The van der Waals surface area contributed by atoms with Gasteiger partial charge >= 0.3 is 0 Å². The Morgan fingerprint density at radius 1 is 0.688 bits per heavy atom. The van der Waals surface area contributed by atoms with Crippen molar-refractivity contribution in [2.75, 3.05) is 0 Å². The lowest BCUT2D eigenvalue weighted by Crippen LogP contribution is -2.93. The predicted molar refractivity (Wildman–Crippen MR) is 85.3 cm³/mol. The Morgan fingerprint density at radius 2 is 0.875 bits per heavy atom. The second-order valence-electron chi connectivity index (χ2n) is 4.81. The quantitative estimate of drug-likeness (QED) is 0.522. The highest BCUT2D eigenvalue weighted by Gasteiger charge is 2.59. The monoisotopic (exact) mass is 376 g/mol. The molecule has 0 aromatic rings. The van der Waals surface area contributed by atoms with Crippen LogP contribution in [0.25, 0.3) is 0 Å². The highest BCUT2D eigenvalue weighted by Crippen LogP contribution is 2.54. The van der Waals surface area contributed by atoms with E-state index in [4.69, 9.17) is 68.0 Å². The molecule has 1 aliphatic heterocycles. The maximum Gasteiger partial charge on any atom is 0.225 e. The normalized spacial score (nSPS) is 26.6. The molecule has 0 unspecified atom stereocenters. The van der Waals surface area contributed by atoms with Crippen LogP contribution in [0.15, 0.2) is 0 Å². The third-order valence-corrected chi connectivity index (χ3v) is 10.7. The topological polar surface area (TPSA) is 6.48 Å². The third-order valence-electron chi connectivity index (χ3n) is 2.57. The van der Waals surface area contributed by atoms with E-state index in [1.54, 1.807) is 8.78 Å². The Bertz CT molecular complexity index is 260. The van der Waals surface area contributed by atoms with Crippen LogP contribution >= 0.6 is 68.0 Å². The predicted octanol–water partition coefficient (Wildman–Crippen LogP) is 4.31. The van der Waals surface area contributed by atoms with Gasteiger partial charge in [0.25, 0.3) is 0 Å². The number of nitrogens with zero attached hydrogens (tertiary/aromatic N) is 2. The van der Waals surface area contributed by atoms with Crippen molar-refractivity contribution in [3.63, 3.8) is 0 Å². The number of hydrogen-bond acceptors (Lipinski definition) is 2. The van der Waals surface area contributed by atoms with Gasteiger partial charge in [-0.15, -0.1) is 0 Å². The number of rotatable bonds is 2. The van der Waals surface area contributed by atoms with Gasteiger partial charge in [-0.25, -0.2) is 0 Å². The summed E-state index contributed by atoms with van der Waals surface area (Å²) in [4.78, 5) is 0. The molecule has 0 spiro atoms. The molecule has 1 heterocycles. The van der Waals surface area contributed by atoms with E-state index in [2.05, 4.69) is 0 Å². The molecule has 0 N–H and O–H groups in total. The van der Waals surface area contributed by atoms with Crippen molar-refractivity contribution in [2.24, 2.45) is 0 Å². The van der Waals surface area contributed by atoms with Crippen LogP contribution in [0.3, 0.4) is 0 Å². The molecular weight excluding hydrogens is 367 g/mol. The van der Waals surface area contributed by atoms with E-state index in [-0.39, 0.29) is 0 Å². The van der Waals surface area contributed by atoms with Crippen LogP contribution in [-0.4, -0.2) is 34.4 Å². The van der Waals surface area contributed by atoms with Gasteiger partial charge in [-0.2, -0.15) is 22.2 Å². The van der Waals surface area contributed by atoms with Crippen LogP contribution in [0, 0.1) is 0 Å². The summed E-state index contributed by atoms with van der Waals surface area (Å²) in [6.07, 6.45) is 0. The van der Waals surface area contributed by atoms with Gasteiger partial charge in [-0.3, -0.25) is 0 Å². The molecule has 1 rings (SSSR count). The highest BCUT2D eigenvalue weighted by molar-refractivity contribution is 7.69. The lowest BCUT2D eigenvalue weighted by Gasteiger charge is -2.86. The molecular formula is C4H12B2Cl6N2Si2-2. The van der Waals surface area contributed by atoms with E-state index < -0.39 is 25.6 Å². The van der Waals surface area contributed by atoms with E-state index in [0.717, 1.165) is 0 Å². The molecule has 0 atom stereocenters. The van der Waals surface area contributed by atoms with Crippen LogP contribution in [0.2, 0.25) is 26.2 Å². The molecule has 96 valence electrons. The first-order valence-electron chi connectivity index (χ1n) is 4.73. The molecule has 1 fully saturated rings. The molecule has 2 nitrogen and oxygen atoms in total. The molecule has 1 saturated heterocycles. The lowest BCUT2D eigenvalue weighted by molar-refractivity contribution is 0.719. The summed E-state index contributed by atoms with van der Waals surface area (Å²) in [5.41, 5.74) is 0. The summed E-state index contributed by atoms with van der Waals surface area (Å²) in [5, 5.41) is -4.03. The van der Waals surface area contributed by atoms with Crippen molar-refractivity contribution in [3.05, 3.63) is 0 Å². The molecule has 0 amide bonds. The molecule has 0 aromatic carbocycles. The smallest absolute Gasteiger partial charge is 0.225 e. The molecule has 16 heavy (non-hydrogen) atoms. The minimum absolute atomic E-state index is 1.65. The van der Waals surface area contributed by atoms with Crippen molar-refractivity contribution < 1.29 is 0 Å². The molecule has 0 saturated carbocycles. The fourth-order valence-corrected chi connectivity index (χ4v) is 16.3. The average Bonchev–Trinajstić information content (AvgIpc) is 1.69. The van der Waals surface area contributed by atoms with Gasteiger partial charge < -0.3 is 54.6 Å². The first kappa shape index (κ1) is 16.3.